The van der Waals surface area contributed by atoms with Crippen LogP contribution in [0, 0.1) is 0 Å². The molecule has 32 heavy (non-hydrogen) atoms. The van der Waals surface area contributed by atoms with Crippen molar-refractivity contribution in [1.29, 1.82) is 0 Å². The maximum Gasteiger partial charge on any atom is 0.673 e. The first-order valence-corrected chi connectivity index (χ1v) is 13.3. The molecular weight excluding hydrogens is 482 g/mol. The van der Waals surface area contributed by atoms with Crippen LogP contribution >= 0.6 is 0 Å². The van der Waals surface area contributed by atoms with Crippen LogP contribution < -0.4 is 4.74 Å². The number of rotatable bonds is 1. The normalized spacial score (nSPS) is 18.6. The SMILES string of the molecule is COc1c2cccc1C[S+](C)Cc1ccc(cc1)C[S+](C)C2.F[B-](F)(F)F.F[B-](F)(F)F. The van der Waals surface area contributed by atoms with Crippen molar-refractivity contribution in [3.8, 4) is 5.75 Å². The minimum Gasteiger partial charge on any atom is -0.496 e. The molecule has 0 aliphatic carbocycles. The Balaban J connectivity index is 0.000000431. The third-order valence-electron chi connectivity index (χ3n) is 4.04. The van der Waals surface area contributed by atoms with E-state index in [2.05, 4.69) is 55.0 Å². The molecule has 4 rings (SSSR count). The average Bonchev–Trinajstić information content (AvgIpc) is 2.61. The average molecular weight is 506 g/mol. The van der Waals surface area contributed by atoms with Gasteiger partial charge in [-0.15, -0.1) is 0 Å². The van der Waals surface area contributed by atoms with Gasteiger partial charge in [0, 0.05) is 22.3 Å². The number of hydrogen-bond acceptors (Lipinski definition) is 1. The van der Waals surface area contributed by atoms with Crippen LogP contribution in [-0.4, -0.2) is 34.1 Å². The summed E-state index contributed by atoms with van der Waals surface area (Å²) in [4.78, 5) is 0. The van der Waals surface area contributed by atoms with Gasteiger partial charge in [-0.3, -0.25) is 0 Å². The molecule has 1 nitrogen and oxygen atoms in total. The Kier molecular flexibility index (Phi) is 11.3. The van der Waals surface area contributed by atoms with Gasteiger partial charge in [-0.05, 0) is 21.8 Å². The van der Waals surface area contributed by atoms with Crippen molar-refractivity contribution in [2.75, 3.05) is 19.6 Å². The maximum absolute atomic E-state index is 9.75. The Bertz CT molecular complexity index is 756. The van der Waals surface area contributed by atoms with E-state index in [0.717, 1.165) is 28.8 Å². The lowest BCUT2D eigenvalue weighted by atomic mass is 10.1. The first kappa shape index (κ1) is 28.5. The Morgan fingerprint density at radius 2 is 0.938 bits per heavy atom. The second-order valence-electron chi connectivity index (χ2n) is 7.06. The van der Waals surface area contributed by atoms with Crippen molar-refractivity contribution < 1.29 is 39.3 Å². The highest BCUT2D eigenvalue weighted by Gasteiger charge is 2.23. The molecule has 2 aliphatic heterocycles. The zero-order chi connectivity index (χ0) is 24.5. The van der Waals surface area contributed by atoms with Gasteiger partial charge in [0.15, 0.2) is 0 Å². The minimum absolute atomic E-state index is 0.333. The van der Waals surface area contributed by atoms with E-state index in [1.165, 1.54) is 22.3 Å². The summed E-state index contributed by atoms with van der Waals surface area (Å²) < 4.78 is 83.8. The summed E-state index contributed by atoms with van der Waals surface area (Å²) in [7, 11) is -9.52. The third kappa shape index (κ3) is 13.1. The van der Waals surface area contributed by atoms with Gasteiger partial charge in [0.2, 0.25) is 0 Å². The van der Waals surface area contributed by atoms with Crippen molar-refractivity contribution in [3.05, 3.63) is 64.7 Å². The topological polar surface area (TPSA) is 9.23 Å². The summed E-state index contributed by atoms with van der Waals surface area (Å²) in [5.74, 6) is 5.66. The molecule has 0 aromatic heterocycles. The molecule has 0 radical (unpaired) electrons. The molecule has 180 valence electrons. The Morgan fingerprint density at radius 3 is 1.22 bits per heavy atom. The Morgan fingerprint density at radius 1 is 0.625 bits per heavy atom. The van der Waals surface area contributed by atoms with E-state index in [-0.39, 0.29) is 0 Å². The summed E-state index contributed by atoms with van der Waals surface area (Å²) in [5, 5.41) is 0. The fourth-order valence-corrected chi connectivity index (χ4v) is 6.30. The molecule has 0 amide bonds. The molecule has 2 heterocycles. The van der Waals surface area contributed by atoms with E-state index >= 15 is 0 Å². The van der Waals surface area contributed by atoms with Crippen molar-refractivity contribution in [3.63, 3.8) is 0 Å². The first-order valence-electron chi connectivity index (χ1n) is 9.31. The number of fused-ring (bicyclic) bond motifs is 6. The zero-order valence-corrected chi connectivity index (χ0v) is 19.4. The molecular formula is C19H24B2F8OS2. The number of ether oxygens (including phenoxy) is 1. The molecule has 0 saturated carbocycles. The van der Waals surface area contributed by atoms with Crippen LogP contribution in [0.15, 0.2) is 42.5 Å². The van der Waals surface area contributed by atoms with Crippen LogP contribution in [0.25, 0.3) is 0 Å². The third-order valence-corrected chi connectivity index (χ3v) is 7.30. The lowest BCUT2D eigenvalue weighted by Gasteiger charge is -2.12. The van der Waals surface area contributed by atoms with Crippen LogP contribution in [0.3, 0.4) is 0 Å². The summed E-state index contributed by atoms with van der Waals surface area (Å²) in [6.45, 7) is 0. The fraction of sp³-hybridized carbons (Fsp3) is 0.368. The fourth-order valence-electron chi connectivity index (χ4n) is 3.06. The first-order chi connectivity index (χ1) is 14.7. The molecule has 2 unspecified atom stereocenters. The van der Waals surface area contributed by atoms with Crippen molar-refractivity contribution in [2.45, 2.75) is 23.0 Å². The highest BCUT2D eigenvalue weighted by molar-refractivity contribution is 7.95. The summed E-state index contributed by atoms with van der Waals surface area (Å²) >= 11 is 0. The molecule has 2 aliphatic rings. The second kappa shape index (κ2) is 12.7. The zero-order valence-electron chi connectivity index (χ0n) is 17.8. The maximum atomic E-state index is 9.75. The quantitative estimate of drug-likeness (QED) is 0.244. The highest BCUT2D eigenvalue weighted by atomic mass is 32.2. The van der Waals surface area contributed by atoms with E-state index < -0.39 is 14.5 Å². The Labute approximate surface area is 188 Å². The Hall–Kier alpha value is -1.49. The van der Waals surface area contributed by atoms with E-state index in [1.54, 1.807) is 0 Å². The molecule has 0 fully saturated rings. The van der Waals surface area contributed by atoms with Crippen molar-refractivity contribution >= 4 is 36.3 Å². The van der Waals surface area contributed by atoms with Crippen molar-refractivity contribution in [2.24, 2.45) is 0 Å². The van der Waals surface area contributed by atoms with Gasteiger partial charge >= 0.3 is 14.5 Å². The summed E-state index contributed by atoms with van der Waals surface area (Å²) in [6, 6.07) is 16.0. The predicted octanol–water partition coefficient (Wildman–Crippen LogP) is 6.51. The number of halogens is 8. The van der Waals surface area contributed by atoms with E-state index in [4.69, 9.17) is 4.74 Å². The van der Waals surface area contributed by atoms with Gasteiger partial charge in [-0.2, -0.15) is 0 Å². The van der Waals surface area contributed by atoms with Crippen LogP contribution in [0.1, 0.15) is 22.3 Å². The predicted molar refractivity (Wildman–Crippen MR) is 121 cm³/mol. The minimum atomic E-state index is -6.00. The molecule has 4 bridgehead atoms. The van der Waals surface area contributed by atoms with Gasteiger partial charge in [0.05, 0.1) is 19.6 Å². The van der Waals surface area contributed by atoms with Gasteiger partial charge in [0.25, 0.3) is 0 Å². The molecule has 2 aromatic rings. The molecule has 2 aromatic carbocycles. The van der Waals surface area contributed by atoms with Crippen LogP contribution in [0.4, 0.5) is 34.5 Å². The monoisotopic (exact) mass is 506 g/mol. The molecule has 0 saturated heterocycles. The molecule has 0 N–H and O–H groups in total. The lowest BCUT2D eigenvalue weighted by molar-refractivity contribution is 0.366. The van der Waals surface area contributed by atoms with Crippen LogP contribution in [0.2, 0.25) is 0 Å². The second-order valence-corrected chi connectivity index (χ2v) is 11.3. The molecule has 2 atom stereocenters. The number of benzene rings is 2. The summed E-state index contributed by atoms with van der Waals surface area (Å²) in [5.41, 5.74) is 5.66. The lowest BCUT2D eigenvalue weighted by Crippen LogP contribution is -2.10. The van der Waals surface area contributed by atoms with Crippen LogP contribution in [0.5, 0.6) is 5.75 Å². The smallest absolute Gasteiger partial charge is 0.496 e. The van der Waals surface area contributed by atoms with Crippen molar-refractivity contribution in [1.82, 2.24) is 0 Å². The summed E-state index contributed by atoms with van der Waals surface area (Å²) in [6.07, 6.45) is 4.73. The highest BCUT2D eigenvalue weighted by Crippen LogP contribution is 2.29. The van der Waals surface area contributed by atoms with Crippen LogP contribution in [-0.2, 0) is 44.8 Å². The van der Waals surface area contributed by atoms with E-state index in [9.17, 15) is 34.5 Å². The van der Waals surface area contributed by atoms with E-state index in [0.29, 0.717) is 21.8 Å². The molecule has 13 heteroatoms. The number of hydrogen-bond donors (Lipinski definition) is 0. The van der Waals surface area contributed by atoms with Gasteiger partial charge in [-0.25, -0.2) is 0 Å². The van der Waals surface area contributed by atoms with E-state index in [1.807, 2.05) is 7.11 Å². The van der Waals surface area contributed by atoms with Gasteiger partial charge < -0.3 is 39.3 Å². The largest absolute Gasteiger partial charge is 0.673 e. The van der Waals surface area contributed by atoms with Gasteiger partial charge in [-0.1, -0.05) is 42.5 Å². The standard InChI is InChI=1S/C19H24OS2.2BF4/c1-20-19-17-5-4-6-18(19)14-22(3)12-16-9-7-15(8-10-16)11-21(2)13-17;2*2-1(3,4)5/h4-10H,11-14H2,1-3H3;;/q+2;2*-1. The number of methoxy groups -OCH3 is 1. The molecule has 0 spiro atoms. The number of para-hydroxylation sites is 1. The van der Waals surface area contributed by atoms with Gasteiger partial charge in [0.1, 0.15) is 28.8 Å².